The van der Waals surface area contributed by atoms with E-state index in [2.05, 4.69) is 32.5 Å². The first-order valence-corrected chi connectivity index (χ1v) is 7.27. The second-order valence-electron chi connectivity index (χ2n) is 4.67. The lowest BCUT2D eigenvalue weighted by molar-refractivity contribution is 0.356. The summed E-state index contributed by atoms with van der Waals surface area (Å²) >= 11 is 1.59. The highest BCUT2D eigenvalue weighted by molar-refractivity contribution is 7.22. The van der Waals surface area contributed by atoms with Gasteiger partial charge in [0, 0.05) is 7.05 Å². The molecule has 0 aromatic carbocycles. The first-order valence-electron chi connectivity index (χ1n) is 6.45. The van der Waals surface area contributed by atoms with E-state index in [-0.39, 0.29) is 6.04 Å². The maximum Gasteiger partial charge on any atom is 0.249 e. The first kappa shape index (κ1) is 13.0. The van der Waals surface area contributed by atoms with E-state index in [1.807, 2.05) is 20.9 Å². The molecular formula is C12H16N6OS. The van der Waals surface area contributed by atoms with Gasteiger partial charge in [-0.3, -0.25) is 0 Å². The number of aryl methyl sites for hydroxylation is 3. The summed E-state index contributed by atoms with van der Waals surface area (Å²) in [7, 11) is 1.90. The third kappa shape index (κ3) is 2.15. The minimum absolute atomic E-state index is 0.0231. The fourth-order valence-corrected chi connectivity index (χ4v) is 3.07. The maximum absolute atomic E-state index is 5.23. The van der Waals surface area contributed by atoms with Crippen LogP contribution in [-0.2, 0) is 7.05 Å². The van der Waals surface area contributed by atoms with Gasteiger partial charge in [0.2, 0.25) is 5.89 Å². The highest BCUT2D eigenvalue weighted by Gasteiger charge is 2.19. The molecule has 0 amide bonds. The van der Waals surface area contributed by atoms with Gasteiger partial charge in [0.1, 0.15) is 6.04 Å². The number of fused-ring (bicyclic) bond motifs is 1. The van der Waals surface area contributed by atoms with Gasteiger partial charge in [-0.15, -0.1) is 0 Å². The second kappa shape index (κ2) is 4.86. The van der Waals surface area contributed by atoms with Crippen LogP contribution in [0.25, 0.3) is 10.3 Å². The van der Waals surface area contributed by atoms with Crippen molar-refractivity contribution < 1.29 is 4.52 Å². The molecule has 1 atom stereocenters. The average Bonchev–Trinajstić information content (AvgIpc) is 3.07. The Morgan fingerprint density at radius 2 is 2.15 bits per heavy atom. The van der Waals surface area contributed by atoms with Gasteiger partial charge >= 0.3 is 0 Å². The average molecular weight is 292 g/mol. The molecule has 0 bridgehead atoms. The fraction of sp³-hybridized carbons (Fsp3) is 0.500. The SMILES string of the molecule is CC[C@@H](Nc1nc2c(s1)c(C)nn2C)c1nc(C)no1. The predicted octanol–water partition coefficient (Wildman–Crippen LogP) is 2.59. The number of hydrogen-bond donors (Lipinski definition) is 1. The van der Waals surface area contributed by atoms with Crippen LogP contribution in [0.4, 0.5) is 5.13 Å². The van der Waals surface area contributed by atoms with Crippen LogP contribution in [0.2, 0.25) is 0 Å². The van der Waals surface area contributed by atoms with Gasteiger partial charge in [-0.05, 0) is 20.3 Å². The number of rotatable bonds is 4. The van der Waals surface area contributed by atoms with Gasteiger partial charge < -0.3 is 9.84 Å². The van der Waals surface area contributed by atoms with Gasteiger partial charge in [0.05, 0.1) is 10.4 Å². The number of nitrogens with one attached hydrogen (secondary N) is 1. The van der Waals surface area contributed by atoms with Crippen molar-refractivity contribution in [3.8, 4) is 0 Å². The predicted molar refractivity (Wildman–Crippen MR) is 76.8 cm³/mol. The normalized spacial score (nSPS) is 13.0. The van der Waals surface area contributed by atoms with Gasteiger partial charge in [-0.2, -0.15) is 10.1 Å². The van der Waals surface area contributed by atoms with Gasteiger partial charge in [0.15, 0.2) is 16.6 Å². The molecule has 0 unspecified atom stereocenters. The van der Waals surface area contributed by atoms with Crippen molar-refractivity contribution in [1.82, 2.24) is 24.9 Å². The summed E-state index contributed by atoms with van der Waals surface area (Å²) < 4.78 is 8.13. The molecule has 7 nitrogen and oxygen atoms in total. The monoisotopic (exact) mass is 292 g/mol. The zero-order valence-electron chi connectivity index (χ0n) is 11.8. The molecular weight excluding hydrogens is 276 g/mol. The van der Waals surface area contributed by atoms with Crippen LogP contribution < -0.4 is 5.32 Å². The van der Waals surface area contributed by atoms with Crippen molar-refractivity contribution in [2.75, 3.05) is 5.32 Å². The molecule has 0 aliphatic rings. The van der Waals surface area contributed by atoms with Crippen LogP contribution >= 0.6 is 11.3 Å². The van der Waals surface area contributed by atoms with Crippen molar-refractivity contribution in [3.63, 3.8) is 0 Å². The van der Waals surface area contributed by atoms with Crippen molar-refractivity contribution in [2.45, 2.75) is 33.2 Å². The molecule has 3 aromatic rings. The van der Waals surface area contributed by atoms with Crippen LogP contribution in [0.3, 0.4) is 0 Å². The summed E-state index contributed by atoms with van der Waals surface area (Å²) in [5.74, 6) is 1.24. The number of anilines is 1. The Morgan fingerprint density at radius 3 is 2.75 bits per heavy atom. The topological polar surface area (TPSA) is 81.7 Å². The summed E-state index contributed by atoms with van der Waals surface area (Å²) in [6.45, 7) is 5.87. The van der Waals surface area contributed by atoms with Crippen LogP contribution in [0, 0.1) is 13.8 Å². The lowest BCUT2D eigenvalue weighted by Gasteiger charge is -2.10. The molecule has 20 heavy (non-hydrogen) atoms. The lowest BCUT2D eigenvalue weighted by Crippen LogP contribution is -2.10. The smallest absolute Gasteiger partial charge is 0.249 e. The van der Waals surface area contributed by atoms with Crippen molar-refractivity contribution >= 4 is 26.8 Å². The molecule has 1 N–H and O–H groups in total. The molecule has 0 radical (unpaired) electrons. The van der Waals surface area contributed by atoms with Gasteiger partial charge in [-0.25, -0.2) is 9.67 Å². The molecule has 3 aromatic heterocycles. The number of aromatic nitrogens is 5. The van der Waals surface area contributed by atoms with Crippen LogP contribution in [0.15, 0.2) is 4.52 Å². The van der Waals surface area contributed by atoms with Crippen molar-refractivity contribution in [3.05, 3.63) is 17.4 Å². The van der Waals surface area contributed by atoms with Crippen LogP contribution in [0.5, 0.6) is 0 Å². The quantitative estimate of drug-likeness (QED) is 0.796. The Hall–Kier alpha value is -1.96. The van der Waals surface area contributed by atoms with E-state index in [0.717, 1.165) is 27.6 Å². The molecule has 3 heterocycles. The van der Waals surface area contributed by atoms with E-state index in [4.69, 9.17) is 4.52 Å². The Bertz CT molecular complexity index is 708. The second-order valence-corrected chi connectivity index (χ2v) is 5.66. The molecule has 0 fully saturated rings. The number of nitrogens with zero attached hydrogens (tertiary/aromatic N) is 5. The molecule has 8 heteroatoms. The molecule has 0 spiro atoms. The standard InChI is InChI=1S/C12H16N6OS/c1-5-8(11-13-7(3)17-19-11)14-12-15-10-9(20-12)6(2)16-18(10)4/h8H,5H2,1-4H3,(H,14,15)/t8-/m1/s1. The minimum Gasteiger partial charge on any atom is -0.350 e. The highest BCUT2D eigenvalue weighted by Crippen LogP contribution is 2.31. The highest BCUT2D eigenvalue weighted by atomic mass is 32.1. The molecule has 106 valence electrons. The van der Waals surface area contributed by atoms with E-state index < -0.39 is 0 Å². The Kier molecular flexibility index (Phi) is 3.17. The van der Waals surface area contributed by atoms with Crippen LogP contribution in [-0.4, -0.2) is 24.9 Å². The molecule has 0 aliphatic carbocycles. The van der Waals surface area contributed by atoms with Crippen LogP contribution in [0.1, 0.15) is 36.8 Å². The fourth-order valence-electron chi connectivity index (χ4n) is 2.09. The van der Waals surface area contributed by atoms with Gasteiger partial charge in [-0.1, -0.05) is 23.4 Å². The molecule has 0 saturated carbocycles. The molecule has 0 saturated heterocycles. The van der Waals surface area contributed by atoms with E-state index in [1.165, 1.54) is 0 Å². The summed E-state index contributed by atoms with van der Waals surface area (Å²) in [4.78, 5) is 8.84. The third-order valence-electron chi connectivity index (χ3n) is 3.09. The van der Waals surface area contributed by atoms with E-state index in [9.17, 15) is 0 Å². The van der Waals surface area contributed by atoms with Crippen molar-refractivity contribution in [1.29, 1.82) is 0 Å². The molecule has 3 rings (SSSR count). The first-order chi connectivity index (χ1) is 9.58. The summed E-state index contributed by atoms with van der Waals surface area (Å²) in [6.07, 6.45) is 0.842. The van der Waals surface area contributed by atoms with E-state index in [0.29, 0.717) is 11.7 Å². The Morgan fingerprint density at radius 1 is 1.35 bits per heavy atom. The number of thiazole rings is 1. The third-order valence-corrected chi connectivity index (χ3v) is 4.18. The van der Waals surface area contributed by atoms with Gasteiger partial charge in [0.25, 0.3) is 0 Å². The summed E-state index contributed by atoms with van der Waals surface area (Å²) in [6, 6.07) is -0.0231. The number of hydrogen-bond acceptors (Lipinski definition) is 7. The molecule has 0 aliphatic heterocycles. The largest absolute Gasteiger partial charge is 0.350 e. The maximum atomic E-state index is 5.23. The zero-order chi connectivity index (χ0) is 14.3. The van der Waals surface area contributed by atoms with Crippen molar-refractivity contribution in [2.24, 2.45) is 7.05 Å². The zero-order valence-corrected chi connectivity index (χ0v) is 12.7. The lowest BCUT2D eigenvalue weighted by atomic mass is 10.2. The van der Waals surface area contributed by atoms with E-state index in [1.54, 1.807) is 16.0 Å². The summed E-state index contributed by atoms with van der Waals surface area (Å²) in [5.41, 5.74) is 1.89. The van der Waals surface area contributed by atoms with E-state index >= 15 is 0 Å². The Balaban J connectivity index is 1.89. The Labute approximate surface area is 120 Å². The summed E-state index contributed by atoms with van der Waals surface area (Å²) in [5, 5.41) is 12.4. The minimum atomic E-state index is -0.0231.